The summed E-state index contributed by atoms with van der Waals surface area (Å²) in [4.78, 5) is 11.2. The smallest absolute Gasteiger partial charge is 0.250 e. The first-order valence-corrected chi connectivity index (χ1v) is 5.56. The summed E-state index contributed by atoms with van der Waals surface area (Å²) >= 11 is 6.01. The first-order valence-electron chi connectivity index (χ1n) is 5.19. The highest BCUT2D eigenvalue weighted by Crippen LogP contribution is 2.28. The van der Waals surface area contributed by atoms with E-state index in [0.29, 0.717) is 22.0 Å². The van der Waals surface area contributed by atoms with Crippen LogP contribution in [-0.2, 0) is 0 Å². The molecule has 0 saturated carbocycles. The zero-order valence-electron chi connectivity index (χ0n) is 9.22. The van der Waals surface area contributed by atoms with Crippen LogP contribution in [0.5, 0.6) is 0 Å². The minimum absolute atomic E-state index is 0.334. The summed E-state index contributed by atoms with van der Waals surface area (Å²) in [6.07, 6.45) is 2.06. The number of benzene rings is 1. The molecule has 1 aromatic rings. The number of carbonyl (C=O) groups excluding carboxylic acids is 1. The third kappa shape index (κ3) is 3.03. The second-order valence-electron chi connectivity index (χ2n) is 3.57. The first kappa shape index (κ1) is 12.6. The van der Waals surface area contributed by atoms with Gasteiger partial charge in [0, 0.05) is 12.2 Å². The van der Waals surface area contributed by atoms with E-state index in [1.165, 1.54) is 6.07 Å². The fraction of sp³-hybridized carbons (Fsp3) is 0.364. The van der Waals surface area contributed by atoms with Crippen molar-refractivity contribution < 1.29 is 4.79 Å². The van der Waals surface area contributed by atoms with Crippen molar-refractivity contribution in [2.24, 2.45) is 5.73 Å². The molecule has 1 aromatic carbocycles. The van der Waals surface area contributed by atoms with Crippen LogP contribution in [0.15, 0.2) is 12.1 Å². The number of unbranched alkanes of at least 4 members (excludes halogenated alkanes) is 1. The van der Waals surface area contributed by atoms with Crippen molar-refractivity contribution in [3.05, 3.63) is 22.7 Å². The highest BCUT2D eigenvalue weighted by Gasteiger charge is 2.12. The number of primary amides is 1. The maximum atomic E-state index is 11.2. The van der Waals surface area contributed by atoms with Gasteiger partial charge >= 0.3 is 0 Å². The topological polar surface area (TPSA) is 81.1 Å². The molecule has 0 aliphatic rings. The fourth-order valence-corrected chi connectivity index (χ4v) is 1.69. The molecule has 4 nitrogen and oxygen atoms in total. The standard InChI is InChI=1S/C11H16ClN3O/c1-2-3-4-15-10-8(11(14)16)5-7(13)6-9(10)12/h5-6,15H,2-4,13H2,1H3,(H2,14,16). The molecule has 1 rings (SSSR count). The molecule has 0 saturated heterocycles. The zero-order valence-corrected chi connectivity index (χ0v) is 9.97. The second kappa shape index (κ2) is 5.61. The molecule has 0 heterocycles. The van der Waals surface area contributed by atoms with E-state index in [-0.39, 0.29) is 0 Å². The molecule has 0 unspecified atom stereocenters. The number of halogens is 1. The number of nitrogens with two attached hydrogens (primary N) is 2. The number of anilines is 2. The van der Waals surface area contributed by atoms with Crippen LogP contribution in [0.25, 0.3) is 0 Å². The summed E-state index contributed by atoms with van der Waals surface area (Å²) in [6.45, 7) is 2.84. The molecule has 5 N–H and O–H groups in total. The summed E-state index contributed by atoms with van der Waals surface area (Å²) in [5, 5.41) is 3.52. The van der Waals surface area contributed by atoms with E-state index in [0.717, 1.165) is 19.4 Å². The number of nitrogen functional groups attached to an aromatic ring is 1. The van der Waals surface area contributed by atoms with Crippen LogP contribution >= 0.6 is 11.6 Å². The third-order valence-corrected chi connectivity index (χ3v) is 2.51. The molecule has 88 valence electrons. The van der Waals surface area contributed by atoms with Crippen molar-refractivity contribution in [1.82, 2.24) is 0 Å². The van der Waals surface area contributed by atoms with Gasteiger partial charge in [0.1, 0.15) is 0 Å². The van der Waals surface area contributed by atoms with Gasteiger partial charge in [-0.25, -0.2) is 0 Å². The number of amides is 1. The van der Waals surface area contributed by atoms with Gasteiger partial charge in [0.2, 0.25) is 0 Å². The third-order valence-electron chi connectivity index (χ3n) is 2.21. The summed E-state index contributed by atoms with van der Waals surface area (Å²) < 4.78 is 0. The molecule has 0 atom stereocenters. The summed E-state index contributed by atoms with van der Waals surface area (Å²) in [7, 11) is 0. The van der Waals surface area contributed by atoms with Crippen LogP contribution in [0.4, 0.5) is 11.4 Å². The number of hydrogen-bond donors (Lipinski definition) is 3. The molecule has 0 aliphatic carbocycles. The predicted octanol–water partition coefficient (Wildman–Crippen LogP) is 2.23. The molecule has 0 spiro atoms. The molecule has 0 fully saturated rings. The highest BCUT2D eigenvalue weighted by atomic mass is 35.5. The van der Waals surface area contributed by atoms with Crippen LogP contribution < -0.4 is 16.8 Å². The van der Waals surface area contributed by atoms with E-state index >= 15 is 0 Å². The Kier molecular flexibility index (Phi) is 4.43. The number of rotatable bonds is 5. The normalized spacial score (nSPS) is 10.1. The predicted molar refractivity (Wildman–Crippen MR) is 67.8 cm³/mol. The van der Waals surface area contributed by atoms with Crippen LogP contribution in [-0.4, -0.2) is 12.5 Å². The van der Waals surface area contributed by atoms with Crippen LogP contribution in [0.1, 0.15) is 30.1 Å². The molecule has 0 aliphatic heterocycles. The van der Waals surface area contributed by atoms with Crippen molar-refractivity contribution in [3.8, 4) is 0 Å². The van der Waals surface area contributed by atoms with Gasteiger partial charge in [-0.15, -0.1) is 0 Å². The van der Waals surface area contributed by atoms with Crippen LogP contribution in [0.2, 0.25) is 5.02 Å². The summed E-state index contributed by atoms with van der Waals surface area (Å²) in [5.41, 5.74) is 12.2. The lowest BCUT2D eigenvalue weighted by molar-refractivity contribution is 0.100. The lowest BCUT2D eigenvalue weighted by atomic mass is 10.1. The Bertz CT molecular complexity index is 393. The average Bonchev–Trinajstić information content (AvgIpc) is 2.20. The van der Waals surface area contributed by atoms with E-state index in [2.05, 4.69) is 12.2 Å². The van der Waals surface area contributed by atoms with Gasteiger partial charge in [0.25, 0.3) is 5.91 Å². The molecule has 0 aromatic heterocycles. The number of carbonyl (C=O) groups is 1. The van der Waals surface area contributed by atoms with E-state index in [4.69, 9.17) is 23.1 Å². The SMILES string of the molecule is CCCCNc1c(Cl)cc(N)cc1C(N)=O. The lowest BCUT2D eigenvalue weighted by Gasteiger charge is -2.12. The zero-order chi connectivity index (χ0) is 12.1. The second-order valence-corrected chi connectivity index (χ2v) is 3.98. The van der Waals surface area contributed by atoms with Gasteiger partial charge in [-0.3, -0.25) is 4.79 Å². The highest BCUT2D eigenvalue weighted by molar-refractivity contribution is 6.34. The summed E-state index contributed by atoms with van der Waals surface area (Å²) in [6, 6.07) is 3.13. The van der Waals surface area contributed by atoms with Gasteiger partial charge < -0.3 is 16.8 Å². The molecule has 16 heavy (non-hydrogen) atoms. The maximum absolute atomic E-state index is 11.2. The van der Waals surface area contributed by atoms with Gasteiger partial charge in [0.15, 0.2) is 0 Å². The Morgan fingerprint density at radius 1 is 1.50 bits per heavy atom. The number of nitrogens with one attached hydrogen (secondary N) is 1. The minimum atomic E-state index is -0.534. The molecular formula is C11H16ClN3O. The monoisotopic (exact) mass is 241 g/mol. The van der Waals surface area contributed by atoms with Crippen molar-refractivity contribution in [1.29, 1.82) is 0 Å². The largest absolute Gasteiger partial charge is 0.399 e. The Balaban J connectivity index is 2.99. The van der Waals surface area contributed by atoms with Crippen molar-refractivity contribution >= 4 is 28.9 Å². The van der Waals surface area contributed by atoms with Crippen LogP contribution in [0, 0.1) is 0 Å². The van der Waals surface area contributed by atoms with E-state index in [1.807, 2.05) is 0 Å². The first-order chi connectivity index (χ1) is 7.56. The van der Waals surface area contributed by atoms with E-state index < -0.39 is 5.91 Å². The fourth-order valence-electron chi connectivity index (χ4n) is 1.39. The molecule has 1 amide bonds. The van der Waals surface area contributed by atoms with E-state index in [9.17, 15) is 4.79 Å². The lowest BCUT2D eigenvalue weighted by Crippen LogP contribution is -2.15. The van der Waals surface area contributed by atoms with Gasteiger partial charge in [0.05, 0.1) is 16.3 Å². The van der Waals surface area contributed by atoms with Crippen LogP contribution in [0.3, 0.4) is 0 Å². The van der Waals surface area contributed by atoms with Crippen molar-refractivity contribution in [3.63, 3.8) is 0 Å². The minimum Gasteiger partial charge on any atom is -0.399 e. The number of hydrogen-bond acceptors (Lipinski definition) is 3. The van der Waals surface area contributed by atoms with Gasteiger partial charge in [-0.2, -0.15) is 0 Å². The van der Waals surface area contributed by atoms with Gasteiger partial charge in [-0.05, 0) is 18.6 Å². The Morgan fingerprint density at radius 3 is 2.75 bits per heavy atom. The van der Waals surface area contributed by atoms with Gasteiger partial charge in [-0.1, -0.05) is 24.9 Å². The summed E-state index contributed by atoms with van der Waals surface area (Å²) in [5.74, 6) is -0.534. The maximum Gasteiger partial charge on any atom is 0.250 e. The quantitative estimate of drug-likeness (QED) is 0.546. The van der Waals surface area contributed by atoms with Crippen molar-refractivity contribution in [2.45, 2.75) is 19.8 Å². The molecule has 0 radical (unpaired) electrons. The van der Waals surface area contributed by atoms with Crippen molar-refractivity contribution in [2.75, 3.05) is 17.6 Å². The Hall–Kier alpha value is -1.42. The molecular weight excluding hydrogens is 226 g/mol. The van der Waals surface area contributed by atoms with E-state index in [1.54, 1.807) is 6.07 Å². The Labute approximate surface area is 100.0 Å². The molecule has 0 bridgehead atoms. The Morgan fingerprint density at radius 2 is 2.19 bits per heavy atom. The average molecular weight is 242 g/mol. The molecule has 5 heteroatoms.